The van der Waals surface area contributed by atoms with Gasteiger partial charge in [-0.25, -0.2) is 4.79 Å². The van der Waals surface area contributed by atoms with Crippen molar-refractivity contribution in [2.24, 2.45) is 0 Å². The van der Waals surface area contributed by atoms with E-state index < -0.39 is 5.79 Å². The lowest BCUT2D eigenvalue weighted by Crippen LogP contribution is -2.50. The summed E-state index contributed by atoms with van der Waals surface area (Å²) in [5.41, 5.74) is 1.03. The van der Waals surface area contributed by atoms with Crippen molar-refractivity contribution in [2.45, 2.75) is 30.8 Å². The zero-order valence-electron chi connectivity index (χ0n) is 11.2. The highest BCUT2D eigenvalue weighted by atomic mass is 16.7. The van der Waals surface area contributed by atoms with E-state index in [-0.39, 0.29) is 18.2 Å². The van der Waals surface area contributed by atoms with Gasteiger partial charge >= 0.3 is 6.09 Å². The second-order valence-corrected chi connectivity index (χ2v) is 5.54. The Morgan fingerprint density at radius 1 is 1.15 bits per heavy atom. The van der Waals surface area contributed by atoms with Gasteiger partial charge in [-0.05, 0) is 5.56 Å². The van der Waals surface area contributed by atoms with E-state index in [9.17, 15) is 4.79 Å². The maximum atomic E-state index is 12.0. The van der Waals surface area contributed by atoms with E-state index in [1.807, 2.05) is 35.2 Å². The average molecular weight is 275 g/mol. The maximum absolute atomic E-state index is 12.0. The molecule has 0 N–H and O–H groups in total. The van der Waals surface area contributed by atoms with Crippen LogP contribution in [-0.2, 0) is 14.2 Å². The topological polar surface area (TPSA) is 48.0 Å². The molecule has 1 aromatic rings. The molecule has 0 aliphatic carbocycles. The summed E-state index contributed by atoms with van der Waals surface area (Å²) in [6.45, 7) is 1.90. The Morgan fingerprint density at radius 3 is 2.65 bits per heavy atom. The fraction of sp³-hybridized carbons (Fsp3) is 0.533. The molecule has 0 bridgehead atoms. The first-order valence-electron chi connectivity index (χ1n) is 7.08. The highest BCUT2D eigenvalue weighted by Gasteiger charge is 2.53. The summed E-state index contributed by atoms with van der Waals surface area (Å²) in [4.78, 5) is 13.8. The van der Waals surface area contributed by atoms with E-state index in [2.05, 4.69) is 0 Å². The van der Waals surface area contributed by atoms with Crippen molar-refractivity contribution in [3.63, 3.8) is 0 Å². The number of carbonyl (C=O) groups is 1. The molecule has 3 aliphatic heterocycles. The van der Waals surface area contributed by atoms with E-state index in [0.29, 0.717) is 26.2 Å². The molecular formula is C15H17NO4. The summed E-state index contributed by atoms with van der Waals surface area (Å²) in [7, 11) is 0. The number of benzene rings is 1. The molecule has 0 aromatic heterocycles. The van der Waals surface area contributed by atoms with Crippen LogP contribution in [0.4, 0.5) is 4.79 Å². The Kier molecular flexibility index (Phi) is 2.72. The lowest BCUT2D eigenvalue weighted by Gasteiger charge is -2.39. The van der Waals surface area contributed by atoms with Gasteiger partial charge in [0.2, 0.25) is 0 Å². The van der Waals surface area contributed by atoms with Gasteiger partial charge in [-0.15, -0.1) is 0 Å². The van der Waals surface area contributed by atoms with Crippen LogP contribution in [0.5, 0.6) is 0 Å². The Bertz CT molecular complexity index is 512. The lowest BCUT2D eigenvalue weighted by atomic mass is 9.90. The Hall–Kier alpha value is -1.59. The first kappa shape index (κ1) is 12.2. The second-order valence-electron chi connectivity index (χ2n) is 5.54. The van der Waals surface area contributed by atoms with E-state index in [1.54, 1.807) is 0 Å². The van der Waals surface area contributed by atoms with E-state index in [0.717, 1.165) is 12.0 Å². The number of rotatable bonds is 1. The highest BCUT2D eigenvalue weighted by Crippen LogP contribution is 2.43. The Labute approximate surface area is 117 Å². The molecule has 0 radical (unpaired) electrons. The third kappa shape index (κ3) is 1.81. The molecule has 1 amide bonds. The third-order valence-electron chi connectivity index (χ3n) is 4.41. The molecule has 1 spiro atoms. The lowest BCUT2D eigenvalue weighted by molar-refractivity contribution is -0.191. The van der Waals surface area contributed by atoms with Crippen molar-refractivity contribution in [1.82, 2.24) is 4.90 Å². The fourth-order valence-electron chi connectivity index (χ4n) is 3.43. The molecule has 2 unspecified atom stereocenters. The van der Waals surface area contributed by atoms with Crippen molar-refractivity contribution in [3.05, 3.63) is 35.9 Å². The number of ether oxygens (including phenoxy) is 3. The SMILES string of the molecule is O=C1OC(c2ccccc2)C2CC3(CCN12)OCCO3. The summed E-state index contributed by atoms with van der Waals surface area (Å²) in [6, 6.07) is 9.89. The molecule has 3 heterocycles. The van der Waals surface area contributed by atoms with Crippen LogP contribution in [0.15, 0.2) is 30.3 Å². The van der Waals surface area contributed by atoms with Gasteiger partial charge in [0.25, 0.3) is 0 Å². The number of hydrogen-bond donors (Lipinski definition) is 0. The van der Waals surface area contributed by atoms with Crippen LogP contribution in [0, 0.1) is 0 Å². The van der Waals surface area contributed by atoms with E-state index in [4.69, 9.17) is 14.2 Å². The monoisotopic (exact) mass is 275 g/mol. The molecule has 5 nitrogen and oxygen atoms in total. The van der Waals surface area contributed by atoms with E-state index >= 15 is 0 Å². The molecule has 3 fully saturated rings. The summed E-state index contributed by atoms with van der Waals surface area (Å²) in [5, 5.41) is 0. The molecule has 106 valence electrons. The number of hydrogen-bond acceptors (Lipinski definition) is 4. The zero-order chi connectivity index (χ0) is 13.6. The molecule has 1 aromatic carbocycles. The molecule has 5 heteroatoms. The van der Waals surface area contributed by atoms with Gasteiger partial charge in [-0.3, -0.25) is 0 Å². The molecule has 3 aliphatic rings. The average Bonchev–Trinajstić information content (AvgIpc) is 3.06. The molecular weight excluding hydrogens is 258 g/mol. The van der Waals surface area contributed by atoms with Crippen LogP contribution in [0.25, 0.3) is 0 Å². The normalized spacial score (nSPS) is 31.4. The van der Waals surface area contributed by atoms with Crippen LogP contribution >= 0.6 is 0 Å². The molecule has 20 heavy (non-hydrogen) atoms. The zero-order valence-corrected chi connectivity index (χ0v) is 11.2. The van der Waals surface area contributed by atoms with Crippen molar-refractivity contribution in [3.8, 4) is 0 Å². The van der Waals surface area contributed by atoms with E-state index in [1.165, 1.54) is 0 Å². The second kappa shape index (κ2) is 4.46. The van der Waals surface area contributed by atoms with Crippen molar-refractivity contribution < 1.29 is 19.0 Å². The van der Waals surface area contributed by atoms with Gasteiger partial charge in [-0.2, -0.15) is 0 Å². The predicted octanol–water partition coefficient (Wildman–Crippen LogP) is 2.09. The van der Waals surface area contributed by atoms with Crippen LogP contribution in [0.2, 0.25) is 0 Å². The Morgan fingerprint density at radius 2 is 1.90 bits per heavy atom. The van der Waals surface area contributed by atoms with Crippen molar-refractivity contribution in [2.75, 3.05) is 19.8 Å². The van der Waals surface area contributed by atoms with Gasteiger partial charge < -0.3 is 19.1 Å². The van der Waals surface area contributed by atoms with Crippen molar-refractivity contribution in [1.29, 1.82) is 0 Å². The standard InChI is InChI=1S/C15H17NO4/c17-14-16-7-6-15(18-8-9-19-15)10-12(16)13(20-14)11-4-2-1-3-5-11/h1-5,12-13H,6-10H2. The summed E-state index contributed by atoms with van der Waals surface area (Å²) in [5.74, 6) is -0.512. The number of fused-ring (bicyclic) bond motifs is 1. The summed E-state index contributed by atoms with van der Waals surface area (Å²) >= 11 is 0. The fourth-order valence-corrected chi connectivity index (χ4v) is 3.43. The first-order valence-corrected chi connectivity index (χ1v) is 7.08. The van der Waals surface area contributed by atoms with Crippen LogP contribution in [0.3, 0.4) is 0 Å². The van der Waals surface area contributed by atoms with Gasteiger partial charge in [0.15, 0.2) is 5.79 Å². The minimum Gasteiger partial charge on any atom is -0.439 e. The number of nitrogens with zero attached hydrogens (tertiary/aromatic N) is 1. The Balaban J connectivity index is 1.63. The number of cyclic esters (lactones) is 1. The quantitative estimate of drug-likeness (QED) is 0.787. The van der Waals surface area contributed by atoms with Crippen LogP contribution < -0.4 is 0 Å². The third-order valence-corrected chi connectivity index (χ3v) is 4.41. The first-order chi connectivity index (χ1) is 9.77. The largest absolute Gasteiger partial charge is 0.439 e. The molecule has 3 saturated heterocycles. The van der Waals surface area contributed by atoms with Gasteiger partial charge in [0.1, 0.15) is 6.10 Å². The smallest absolute Gasteiger partial charge is 0.410 e. The summed E-state index contributed by atoms with van der Waals surface area (Å²) < 4.78 is 17.2. The maximum Gasteiger partial charge on any atom is 0.410 e. The summed E-state index contributed by atoms with van der Waals surface area (Å²) in [6.07, 6.45) is 0.948. The molecule has 0 saturated carbocycles. The van der Waals surface area contributed by atoms with Crippen LogP contribution in [-0.4, -0.2) is 42.6 Å². The minimum atomic E-state index is -0.512. The number of amides is 1. The number of piperidine rings is 1. The van der Waals surface area contributed by atoms with Crippen LogP contribution in [0.1, 0.15) is 24.5 Å². The molecule has 2 atom stereocenters. The highest BCUT2D eigenvalue weighted by molar-refractivity contribution is 5.71. The van der Waals surface area contributed by atoms with Gasteiger partial charge in [-0.1, -0.05) is 30.3 Å². The van der Waals surface area contributed by atoms with Gasteiger partial charge in [0, 0.05) is 19.4 Å². The minimum absolute atomic E-state index is 0.00301. The van der Waals surface area contributed by atoms with Gasteiger partial charge in [0.05, 0.1) is 19.3 Å². The molecule has 4 rings (SSSR count). The predicted molar refractivity (Wildman–Crippen MR) is 70.0 cm³/mol. The van der Waals surface area contributed by atoms with Crippen molar-refractivity contribution >= 4 is 6.09 Å². The number of carbonyl (C=O) groups excluding carboxylic acids is 1.